The number of rotatable bonds is 4. The summed E-state index contributed by atoms with van der Waals surface area (Å²) in [7, 11) is 0. The molecule has 3 rings (SSSR count). The van der Waals surface area contributed by atoms with E-state index in [1.54, 1.807) is 36.0 Å². The molecular formula is C19H19N7O2. The maximum Gasteiger partial charge on any atom is 0.269 e. The van der Waals surface area contributed by atoms with Crippen LogP contribution >= 0.6 is 0 Å². The predicted octanol–water partition coefficient (Wildman–Crippen LogP) is 3.93. The summed E-state index contributed by atoms with van der Waals surface area (Å²) in [5, 5.41) is 28.5. The van der Waals surface area contributed by atoms with Gasteiger partial charge in [-0.1, -0.05) is 0 Å². The monoisotopic (exact) mass is 377 g/mol. The normalized spacial score (nSPS) is 11.1. The Balaban J connectivity index is 2.15. The first kappa shape index (κ1) is 19.0. The number of nitrogens with zero attached hydrogens (tertiary/aromatic N) is 6. The van der Waals surface area contributed by atoms with E-state index in [-0.39, 0.29) is 5.69 Å². The van der Waals surface area contributed by atoms with Crippen LogP contribution in [-0.2, 0) is 5.54 Å². The van der Waals surface area contributed by atoms with E-state index in [0.717, 1.165) is 0 Å². The van der Waals surface area contributed by atoms with Crippen LogP contribution in [0.25, 0.3) is 11.3 Å². The minimum absolute atomic E-state index is 0.0210. The zero-order chi connectivity index (χ0) is 20.5. The predicted molar refractivity (Wildman–Crippen MR) is 104 cm³/mol. The van der Waals surface area contributed by atoms with E-state index in [1.807, 2.05) is 20.8 Å². The Bertz CT molecular complexity index is 1070. The van der Waals surface area contributed by atoms with Gasteiger partial charge in [-0.2, -0.15) is 10.4 Å². The standard InChI is InChI=1S/C19H19N7O2/c1-12-21-10-9-16(22-12)23-18-15(11-20)17(24-25(18)19(2,3)4)13-5-7-14(8-6-13)26(27)28/h5-10H,1-4H3,(H,21,22,23). The van der Waals surface area contributed by atoms with Gasteiger partial charge in [-0.15, -0.1) is 0 Å². The lowest BCUT2D eigenvalue weighted by molar-refractivity contribution is -0.384. The van der Waals surface area contributed by atoms with E-state index in [0.29, 0.717) is 34.3 Å². The van der Waals surface area contributed by atoms with Gasteiger partial charge in [0.2, 0.25) is 0 Å². The number of nitro benzene ring substituents is 1. The van der Waals surface area contributed by atoms with Gasteiger partial charge in [-0.3, -0.25) is 10.1 Å². The molecule has 0 spiro atoms. The molecule has 0 aliphatic rings. The number of nitrogens with one attached hydrogen (secondary N) is 1. The minimum Gasteiger partial charge on any atom is -0.324 e. The summed E-state index contributed by atoms with van der Waals surface area (Å²) < 4.78 is 1.72. The van der Waals surface area contributed by atoms with Crippen molar-refractivity contribution < 1.29 is 4.92 Å². The lowest BCUT2D eigenvalue weighted by Crippen LogP contribution is -2.24. The Hall–Kier alpha value is -3.80. The van der Waals surface area contributed by atoms with E-state index in [2.05, 4.69) is 26.5 Å². The van der Waals surface area contributed by atoms with Gasteiger partial charge in [0.25, 0.3) is 5.69 Å². The van der Waals surface area contributed by atoms with E-state index in [1.165, 1.54) is 12.1 Å². The molecule has 1 aromatic carbocycles. The number of anilines is 2. The Morgan fingerprint density at radius 3 is 2.43 bits per heavy atom. The van der Waals surface area contributed by atoms with Crippen LogP contribution in [0.5, 0.6) is 0 Å². The Labute approximate surface area is 161 Å². The number of nitro groups is 1. The molecule has 0 unspecified atom stereocenters. The van der Waals surface area contributed by atoms with Crippen molar-refractivity contribution in [1.29, 1.82) is 5.26 Å². The zero-order valence-corrected chi connectivity index (χ0v) is 16.0. The van der Waals surface area contributed by atoms with Crippen molar-refractivity contribution in [3.05, 3.63) is 58.0 Å². The van der Waals surface area contributed by atoms with Crippen LogP contribution in [0.1, 0.15) is 32.2 Å². The van der Waals surface area contributed by atoms with Gasteiger partial charge in [-0.05, 0) is 45.9 Å². The third-order valence-electron chi connectivity index (χ3n) is 4.01. The summed E-state index contributed by atoms with van der Waals surface area (Å²) in [5.41, 5.74) is 0.953. The van der Waals surface area contributed by atoms with Crippen molar-refractivity contribution in [3.8, 4) is 17.3 Å². The van der Waals surface area contributed by atoms with E-state index in [9.17, 15) is 15.4 Å². The third kappa shape index (κ3) is 3.66. The van der Waals surface area contributed by atoms with Crippen molar-refractivity contribution in [2.75, 3.05) is 5.32 Å². The van der Waals surface area contributed by atoms with Gasteiger partial charge in [0, 0.05) is 23.9 Å². The van der Waals surface area contributed by atoms with E-state index < -0.39 is 10.5 Å². The molecule has 0 bridgehead atoms. The Kier molecular flexibility index (Phi) is 4.79. The summed E-state index contributed by atoms with van der Waals surface area (Å²) in [5.74, 6) is 1.65. The number of hydrogen-bond acceptors (Lipinski definition) is 7. The highest BCUT2D eigenvalue weighted by Crippen LogP contribution is 2.34. The van der Waals surface area contributed by atoms with Gasteiger partial charge in [-0.25, -0.2) is 14.6 Å². The van der Waals surface area contributed by atoms with Crippen LogP contribution in [0.15, 0.2) is 36.5 Å². The summed E-state index contributed by atoms with van der Waals surface area (Å²) >= 11 is 0. The molecule has 3 aromatic rings. The molecule has 142 valence electrons. The van der Waals surface area contributed by atoms with Crippen molar-refractivity contribution in [1.82, 2.24) is 19.7 Å². The van der Waals surface area contributed by atoms with Crippen LogP contribution in [0.3, 0.4) is 0 Å². The van der Waals surface area contributed by atoms with Crippen LogP contribution in [0.2, 0.25) is 0 Å². The van der Waals surface area contributed by atoms with Crippen molar-refractivity contribution in [3.63, 3.8) is 0 Å². The SMILES string of the molecule is Cc1nccc(Nc2c(C#N)c(-c3ccc([N+](=O)[O-])cc3)nn2C(C)(C)C)n1. The molecular weight excluding hydrogens is 358 g/mol. The molecule has 9 heteroatoms. The fourth-order valence-electron chi connectivity index (χ4n) is 2.72. The minimum atomic E-state index is -0.465. The zero-order valence-electron chi connectivity index (χ0n) is 16.0. The number of aryl methyl sites for hydroxylation is 1. The number of non-ortho nitro benzene ring substituents is 1. The smallest absolute Gasteiger partial charge is 0.269 e. The average Bonchev–Trinajstić information content (AvgIpc) is 3.00. The van der Waals surface area contributed by atoms with Crippen LogP contribution in [0, 0.1) is 28.4 Å². The number of aromatic nitrogens is 4. The maximum absolute atomic E-state index is 10.9. The molecule has 0 fully saturated rings. The molecule has 2 aromatic heterocycles. The molecule has 0 amide bonds. The van der Waals surface area contributed by atoms with Crippen molar-refractivity contribution in [2.45, 2.75) is 33.2 Å². The number of nitriles is 1. The first-order valence-electron chi connectivity index (χ1n) is 8.56. The molecule has 0 radical (unpaired) electrons. The second kappa shape index (κ2) is 7.08. The second-order valence-electron chi connectivity index (χ2n) is 7.18. The van der Waals surface area contributed by atoms with Crippen LogP contribution in [-0.4, -0.2) is 24.7 Å². The third-order valence-corrected chi connectivity index (χ3v) is 4.01. The average molecular weight is 377 g/mol. The molecule has 28 heavy (non-hydrogen) atoms. The molecule has 0 atom stereocenters. The molecule has 0 saturated carbocycles. The van der Waals surface area contributed by atoms with Crippen LogP contribution < -0.4 is 5.32 Å². The topological polar surface area (TPSA) is 123 Å². The fraction of sp³-hybridized carbons (Fsp3) is 0.263. The Morgan fingerprint density at radius 1 is 1.21 bits per heavy atom. The van der Waals surface area contributed by atoms with E-state index in [4.69, 9.17) is 0 Å². The van der Waals surface area contributed by atoms with Crippen molar-refractivity contribution in [2.24, 2.45) is 0 Å². The van der Waals surface area contributed by atoms with Crippen LogP contribution in [0.4, 0.5) is 17.3 Å². The molecule has 9 nitrogen and oxygen atoms in total. The lowest BCUT2D eigenvalue weighted by atomic mass is 10.1. The molecule has 0 aliphatic carbocycles. The van der Waals surface area contributed by atoms with Crippen molar-refractivity contribution >= 4 is 17.3 Å². The number of hydrogen-bond donors (Lipinski definition) is 1. The largest absolute Gasteiger partial charge is 0.324 e. The summed E-state index contributed by atoms with van der Waals surface area (Å²) in [6.45, 7) is 7.69. The quantitative estimate of drug-likeness (QED) is 0.540. The maximum atomic E-state index is 10.9. The van der Waals surface area contributed by atoms with Gasteiger partial charge in [0.05, 0.1) is 10.5 Å². The molecule has 1 N–H and O–H groups in total. The first-order valence-corrected chi connectivity index (χ1v) is 8.56. The Morgan fingerprint density at radius 2 is 1.89 bits per heavy atom. The molecule has 0 aliphatic heterocycles. The summed E-state index contributed by atoms with van der Waals surface area (Å²) in [6, 6.07) is 9.89. The van der Waals surface area contributed by atoms with Gasteiger partial charge in [0.15, 0.2) is 0 Å². The summed E-state index contributed by atoms with van der Waals surface area (Å²) in [4.78, 5) is 18.8. The van der Waals surface area contributed by atoms with Gasteiger partial charge in [0.1, 0.15) is 34.8 Å². The fourth-order valence-corrected chi connectivity index (χ4v) is 2.72. The highest BCUT2D eigenvalue weighted by Gasteiger charge is 2.26. The molecule has 2 heterocycles. The van der Waals surface area contributed by atoms with Gasteiger partial charge >= 0.3 is 0 Å². The highest BCUT2D eigenvalue weighted by molar-refractivity contribution is 5.76. The van der Waals surface area contributed by atoms with E-state index >= 15 is 0 Å². The molecule has 0 saturated heterocycles. The first-order chi connectivity index (χ1) is 13.2. The van der Waals surface area contributed by atoms with Gasteiger partial charge < -0.3 is 5.32 Å². The lowest BCUT2D eigenvalue weighted by Gasteiger charge is -2.22. The highest BCUT2D eigenvalue weighted by atomic mass is 16.6. The second-order valence-corrected chi connectivity index (χ2v) is 7.18. The summed E-state index contributed by atoms with van der Waals surface area (Å²) in [6.07, 6.45) is 1.63. The number of benzene rings is 1.